The van der Waals surface area contributed by atoms with Gasteiger partial charge in [0.1, 0.15) is 12.2 Å². The van der Waals surface area contributed by atoms with Crippen LogP contribution in [0, 0.1) is 0 Å². The Morgan fingerprint density at radius 3 is 3.14 bits per heavy atom. The van der Waals surface area contributed by atoms with Crippen LogP contribution in [-0.4, -0.2) is 35.0 Å². The second-order valence-electron chi connectivity index (χ2n) is 3.11. The number of nitrogens with zero attached hydrogens (tertiary/aromatic N) is 3. The highest BCUT2D eigenvalue weighted by atomic mass is 16.5. The normalized spacial score (nSPS) is 10.7. The first-order chi connectivity index (χ1) is 6.88. The van der Waals surface area contributed by atoms with Gasteiger partial charge < -0.3 is 14.6 Å². The zero-order valence-corrected chi connectivity index (χ0v) is 8.86. The highest BCUT2D eigenvalue weighted by molar-refractivity contribution is 4.84. The number of hydrogen-bond acceptors (Lipinski definition) is 4. The minimum Gasteiger partial charge on any atom is -0.383 e. The van der Waals surface area contributed by atoms with Gasteiger partial charge in [-0.2, -0.15) is 0 Å². The Morgan fingerprint density at radius 2 is 2.43 bits per heavy atom. The quantitative estimate of drug-likeness (QED) is 0.645. The van der Waals surface area contributed by atoms with Crippen molar-refractivity contribution < 1.29 is 4.74 Å². The Labute approximate surface area is 84.5 Å². The van der Waals surface area contributed by atoms with Gasteiger partial charge in [0.25, 0.3) is 0 Å². The molecule has 0 bridgehead atoms. The fourth-order valence-corrected chi connectivity index (χ4v) is 1.22. The van der Waals surface area contributed by atoms with E-state index in [2.05, 4.69) is 27.0 Å². The molecule has 0 aliphatic carbocycles. The Bertz CT molecular complexity index is 249. The van der Waals surface area contributed by atoms with Crippen LogP contribution in [-0.2, 0) is 17.8 Å². The summed E-state index contributed by atoms with van der Waals surface area (Å²) in [4.78, 5) is 0. The molecule has 1 N–H and O–H groups in total. The van der Waals surface area contributed by atoms with Gasteiger partial charge in [0.05, 0.1) is 13.2 Å². The average Bonchev–Trinajstić information content (AvgIpc) is 2.61. The Kier molecular flexibility index (Phi) is 5.17. The van der Waals surface area contributed by atoms with Gasteiger partial charge in [-0.3, -0.25) is 0 Å². The monoisotopic (exact) mass is 198 g/mol. The standard InChI is InChI=1S/C9H18N4O/c1-3-5-13-8-11-12-9(13)7-10-4-6-14-2/h8,10H,3-7H2,1-2H3. The molecule has 1 heterocycles. The molecule has 0 atom stereocenters. The largest absolute Gasteiger partial charge is 0.383 e. The summed E-state index contributed by atoms with van der Waals surface area (Å²) >= 11 is 0. The zero-order valence-electron chi connectivity index (χ0n) is 8.86. The SMILES string of the molecule is CCCn1cnnc1CNCCOC. The highest BCUT2D eigenvalue weighted by Crippen LogP contribution is 1.96. The van der Waals surface area contributed by atoms with Crippen molar-refractivity contribution in [3.05, 3.63) is 12.2 Å². The van der Waals surface area contributed by atoms with Crippen LogP contribution in [0.25, 0.3) is 0 Å². The minimum absolute atomic E-state index is 0.724. The van der Waals surface area contributed by atoms with Crippen molar-refractivity contribution in [1.29, 1.82) is 0 Å². The van der Waals surface area contributed by atoms with Crippen molar-refractivity contribution in [2.45, 2.75) is 26.4 Å². The summed E-state index contributed by atoms with van der Waals surface area (Å²) in [7, 11) is 1.70. The molecule has 80 valence electrons. The van der Waals surface area contributed by atoms with Crippen LogP contribution in [0.5, 0.6) is 0 Å². The molecule has 0 saturated carbocycles. The van der Waals surface area contributed by atoms with Crippen LogP contribution in [0.2, 0.25) is 0 Å². The van der Waals surface area contributed by atoms with Crippen molar-refractivity contribution in [2.24, 2.45) is 0 Å². The maximum absolute atomic E-state index is 4.93. The summed E-state index contributed by atoms with van der Waals surface area (Å²) in [5.41, 5.74) is 0. The molecule has 0 spiro atoms. The Morgan fingerprint density at radius 1 is 1.57 bits per heavy atom. The Balaban J connectivity index is 2.30. The van der Waals surface area contributed by atoms with Crippen LogP contribution in [0.4, 0.5) is 0 Å². The number of aromatic nitrogens is 3. The lowest BCUT2D eigenvalue weighted by molar-refractivity contribution is 0.198. The van der Waals surface area contributed by atoms with E-state index in [4.69, 9.17) is 4.74 Å². The summed E-state index contributed by atoms with van der Waals surface area (Å²) in [6, 6.07) is 0. The number of rotatable bonds is 7. The summed E-state index contributed by atoms with van der Waals surface area (Å²) in [5, 5.41) is 11.2. The third-order valence-corrected chi connectivity index (χ3v) is 1.93. The topological polar surface area (TPSA) is 52.0 Å². The molecule has 0 unspecified atom stereocenters. The molecule has 0 amide bonds. The molecule has 1 aromatic rings. The van der Waals surface area contributed by atoms with Crippen molar-refractivity contribution in [3.63, 3.8) is 0 Å². The summed E-state index contributed by atoms with van der Waals surface area (Å²) in [6.45, 7) is 5.44. The molecule has 0 aliphatic rings. The van der Waals surface area contributed by atoms with E-state index in [1.54, 1.807) is 13.4 Å². The summed E-state index contributed by atoms with van der Waals surface area (Å²) < 4.78 is 7.00. The van der Waals surface area contributed by atoms with Crippen molar-refractivity contribution in [3.8, 4) is 0 Å². The lowest BCUT2D eigenvalue weighted by atomic mass is 10.4. The van der Waals surface area contributed by atoms with E-state index in [0.717, 1.165) is 38.5 Å². The third kappa shape index (κ3) is 3.43. The summed E-state index contributed by atoms with van der Waals surface area (Å²) in [5.74, 6) is 0.989. The number of methoxy groups -OCH3 is 1. The number of aryl methyl sites for hydroxylation is 1. The van der Waals surface area contributed by atoms with Gasteiger partial charge in [-0.05, 0) is 6.42 Å². The molecule has 0 saturated heterocycles. The van der Waals surface area contributed by atoms with E-state index in [9.17, 15) is 0 Å². The van der Waals surface area contributed by atoms with Gasteiger partial charge in [0, 0.05) is 20.2 Å². The molecule has 0 aliphatic heterocycles. The van der Waals surface area contributed by atoms with Gasteiger partial charge in [-0.1, -0.05) is 6.92 Å². The predicted molar refractivity (Wildman–Crippen MR) is 53.9 cm³/mol. The zero-order chi connectivity index (χ0) is 10.2. The fraction of sp³-hybridized carbons (Fsp3) is 0.778. The molecule has 0 fully saturated rings. The van der Waals surface area contributed by atoms with E-state index in [1.807, 2.05) is 0 Å². The van der Waals surface area contributed by atoms with Crippen LogP contribution < -0.4 is 5.32 Å². The lowest BCUT2D eigenvalue weighted by Crippen LogP contribution is -2.21. The molecule has 5 heteroatoms. The van der Waals surface area contributed by atoms with E-state index in [1.165, 1.54) is 0 Å². The van der Waals surface area contributed by atoms with Crippen LogP contribution >= 0.6 is 0 Å². The van der Waals surface area contributed by atoms with Gasteiger partial charge in [-0.15, -0.1) is 10.2 Å². The maximum Gasteiger partial charge on any atom is 0.146 e. The van der Waals surface area contributed by atoms with Gasteiger partial charge >= 0.3 is 0 Å². The predicted octanol–water partition coefficient (Wildman–Crippen LogP) is 0.424. The number of hydrogen-bond donors (Lipinski definition) is 1. The van der Waals surface area contributed by atoms with Crippen molar-refractivity contribution in [2.75, 3.05) is 20.3 Å². The molecular weight excluding hydrogens is 180 g/mol. The smallest absolute Gasteiger partial charge is 0.146 e. The number of ether oxygens (including phenoxy) is 1. The molecule has 1 aromatic heterocycles. The first-order valence-electron chi connectivity index (χ1n) is 4.94. The van der Waals surface area contributed by atoms with Gasteiger partial charge in [0.15, 0.2) is 0 Å². The molecule has 14 heavy (non-hydrogen) atoms. The lowest BCUT2D eigenvalue weighted by Gasteiger charge is -2.05. The van der Waals surface area contributed by atoms with Gasteiger partial charge in [0.2, 0.25) is 0 Å². The summed E-state index contributed by atoms with van der Waals surface area (Å²) in [6.07, 6.45) is 2.87. The second-order valence-corrected chi connectivity index (χ2v) is 3.11. The van der Waals surface area contributed by atoms with Crippen molar-refractivity contribution >= 4 is 0 Å². The molecule has 5 nitrogen and oxygen atoms in total. The second kappa shape index (κ2) is 6.50. The van der Waals surface area contributed by atoms with Crippen LogP contribution in [0.3, 0.4) is 0 Å². The first kappa shape index (κ1) is 11.1. The average molecular weight is 198 g/mol. The highest BCUT2D eigenvalue weighted by Gasteiger charge is 2.01. The van der Waals surface area contributed by atoms with E-state index >= 15 is 0 Å². The number of nitrogens with one attached hydrogen (secondary N) is 1. The van der Waals surface area contributed by atoms with Crippen LogP contribution in [0.15, 0.2) is 6.33 Å². The van der Waals surface area contributed by atoms with E-state index in [-0.39, 0.29) is 0 Å². The molecular formula is C9H18N4O. The Hall–Kier alpha value is -0.940. The maximum atomic E-state index is 4.93. The van der Waals surface area contributed by atoms with E-state index < -0.39 is 0 Å². The molecule has 0 radical (unpaired) electrons. The third-order valence-electron chi connectivity index (χ3n) is 1.93. The molecule has 1 rings (SSSR count). The first-order valence-corrected chi connectivity index (χ1v) is 4.94. The van der Waals surface area contributed by atoms with Crippen molar-refractivity contribution in [1.82, 2.24) is 20.1 Å². The molecule has 0 aromatic carbocycles. The van der Waals surface area contributed by atoms with Gasteiger partial charge in [-0.25, -0.2) is 0 Å². The fourth-order valence-electron chi connectivity index (χ4n) is 1.22. The van der Waals surface area contributed by atoms with Crippen LogP contribution in [0.1, 0.15) is 19.2 Å². The van der Waals surface area contributed by atoms with E-state index in [0.29, 0.717) is 0 Å². The minimum atomic E-state index is 0.724.